The molecule has 4 unspecified atom stereocenters. The van der Waals surface area contributed by atoms with Crippen LogP contribution in [0.4, 0.5) is 0 Å². The van der Waals surface area contributed by atoms with E-state index in [0.717, 1.165) is 11.8 Å². The van der Waals surface area contributed by atoms with Gasteiger partial charge < -0.3 is 0 Å². The van der Waals surface area contributed by atoms with Crippen molar-refractivity contribution in [2.24, 2.45) is 28.6 Å². The van der Waals surface area contributed by atoms with E-state index in [1.165, 1.54) is 62.5 Å². The van der Waals surface area contributed by atoms with Crippen LogP contribution in [0.3, 0.4) is 0 Å². The van der Waals surface area contributed by atoms with E-state index in [1.54, 1.807) is 5.57 Å². The van der Waals surface area contributed by atoms with Crippen LogP contribution in [0.5, 0.6) is 0 Å². The molecule has 0 nitrogen and oxygen atoms in total. The van der Waals surface area contributed by atoms with Crippen molar-refractivity contribution >= 4 is 0 Å². The molecule has 0 heteroatoms. The molecule has 0 N–H and O–H groups in total. The third-order valence-corrected chi connectivity index (χ3v) is 8.27. The summed E-state index contributed by atoms with van der Waals surface area (Å²) in [6.07, 6.45) is 15.8. The van der Waals surface area contributed by atoms with Gasteiger partial charge in [-0.05, 0) is 91.1 Å². The highest BCUT2D eigenvalue weighted by atomic mass is 14.6. The Balaban J connectivity index is 0.000000921. The van der Waals surface area contributed by atoms with Gasteiger partial charge in [0.15, 0.2) is 0 Å². The molecule has 0 saturated heterocycles. The van der Waals surface area contributed by atoms with Crippen molar-refractivity contribution in [3.05, 3.63) is 35.5 Å². The van der Waals surface area contributed by atoms with Crippen LogP contribution in [-0.4, -0.2) is 0 Å². The van der Waals surface area contributed by atoms with Gasteiger partial charge >= 0.3 is 0 Å². The molecule has 0 aromatic carbocycles. The van der Waals surface area contributed by atoms with Crippen molar-refractivity contribution in [1.29, 1.82) is 0 Å². The standard InChI is InChI=1S/C24H38.2C2H6/c1-17(2)22-14-16-23(5)21(11-8-15-24(22,23)6)13-12-20-10-7-9-18(3)19(20)4;2*1-2/h12-13,17-18,22H,4,7-11,14-16H2,1-3,5-6H3;2*1-2H3/b20-12-,21-13+;;. The molecule has 0 spiro atoms. The first-order valence-electron chi connectivity index (χ1n) is 12.4. The lowest BCUT2D eigenvalue weighted by Gasteiger charge is -2.51. The molecule has 3 saturated carbocycles. The zero-order chi connectivity index (χ0) is 21.5. The Morgan fingerprint density at radius 1 is 0.929 bits per heavy atom. The number of fused-ring (bicyclic) bond motifs is 1. The SMILES string of the molecule is C=C1/C(=C\C=C2/CCCC3(C)C(C(C)C)CCC23C)CCCC1C.CC.CC. The third kappa shape index (κ3) is 4.68. The van der Waals surface area contributed by atoms with Gasteiger partial charge in [-0.25, -0.2) is 0 Å². The van der Waals surface area contributed by atoms with Crippen molar-refractivity contribution in [1.82, 2.24) is 0 Å². The average molecular weight is 387 g/mol. The van der Waals surface area contributed by atoms with Crippen LogP contribution in [0.2, 0.25) is 0 Å². The molecule has 3 fully saturated rings. The minimum atomic E-state index is 0.416. The molecule has 0 heterocycles. The topological polar surface area (TPSA) is 0 Å². The normalized spacial score (nSPS) is 37.9. The maximum absolute atomic E-state index is 4.38. The first kappa shape index (κ1) is 25.3. The molecule has 4 atom stereocenters. The maximum atomic E-state index is 4.38. The number of hydrogen-bond acceptors (Lipinski definition) is 0. The van der Waals surface area contributed by atoms with Crippen LogP contribution in [0.25, 0.3) is 0 Å². The molecule has 0 aromatic heterocycles. The minimum Gasteiger partial charge on any atom is -0.0953 e. The molecule has 0 amide bonds. The smallest absolute Gasteiger partial charge is 0.00567 e. The Morgan fingerprint density at radius 2 is 1.57 bits per heavy atom. The Morgan fingerprint density at radius 3 is 2.18 bits per heavy atom. The molecule has 3 rings (SSSR count). The number of hydrogen-bond donors (Lipinski definition) is 0. The summed E-state index contributed by atoms with van der Waals surface area (Å²) < 4.78 is 0. The largest absolute Gasteiger partial charge is 0.0953 e. The molecule has 28 heavy (non-hydrogen) atoms. The molecule has 3 aliphatic rings. The van der Waals surface area contributed by atoms with Gasteiger partial charge in [-0.2, -0.15) is 0 Å². The fourth-order valence-corrected chi connectivity index (χ4v) is 6.35. The van der Waals surface area contributed by atoms with Gasteiger partial charge in [0.25, 0.3) is 0 Å². The predicted molar refractivity (Wildman–Crippen MR) is 129 cm³/mol. The molecular weight excluding hydrogens is 336 g/mol. The molecule has 0 bridgehead atoms. The molecule has 0 radical (unpaired) electrons. The highest BCUT2D eigenvalue weighted by molar-refractivity contribution is 5.38. The van der Waals surface area contributed by atoms with Crippen LogP contribution in [-0.2, 0) is 0 Å². The summed E-state index contributed by atoms with van der Waals surface area (Å²) in [5, 5.41) is 0. The Labute approximate surface area is 178 Å². The van der Waals surface area contributed by atoms with Gasteiger partial charge in [0, 0.05) is 0 Å². The second-order valence-corrected chi connectivity index (χ2v) is 9.69. The molecule has 162 valence electrons. The van der Waals surface area contributed by atoms with E-state index < -0.39 is 0 Å². The summed E-state index contributed by atoms with van der Waals surface area (Å²) >= 11 is 0. The maximum Gasteiger partial charge on any atom is -0.00567 e. The van der Waals surface area contributed by atoms with Gasteiger partial charge in [0.05, 0.1) is 0 Å². The van der Waals surface area contributed by atoms with Gasteiger partial charge in [0.2, 0.25) is 0 Å². The summed E-state index contributed by atoms with van der Waals surface area (Å²) in [5.74, 6) is 2.38. The third-order valence-electron chi connectivity index (χ3n) is 8.27. The monoisotopic (exact) mass is 386 g/mol. The summed E-state index contributed by atoms with van der Waals surface area (Å²) in [5.41, 5.74) is 5.57. The van der Waals surface area contributed by atoms with Crippen LogP contribution >= 0.6 is 0 Å². The Bertz CT molecular complexity index is 561. The quantitative estimate of drug-likeness (QED) is 0.443. The lowest BCUT2D eigenvalue weighted by atomic mass is 9.53. The van der Waals surface area contributed by atoms with E-state index >= 15 is 0 Å². The molecule has 0 aliphatic heterocycles. The first-order valence-corrected chi connectivity index (χ1v) is 12.4. The van der Waals surface area contributed by atoms with E-state index in [9.17, 15) is 0 Å². The Kier molecular flexibility index (Phi) is 9.78. The lowest BCUT2D eigenvalue weighted by molar-refractivity contribution is 0.0405. The highest BCUT2D eigenvalue weighted by Gasteiger charge is 2.57. The predicted octanol–water partition coefficient (Wildman–Crippen LogP) is 9.53. The molecule has 3 aliphatic carbocycles. The van der Waals surface area contributed by atoms with Gasteiger partial charge in [0.1, 0.15) is 0 Å². The fraction of sp³-hybridized carbons (Fsp3) is 0.786. The summed E-state index contributed by atoms with van der Waals surface area (Å²) in [4.78, 5) is 0. The van der Waals surface area contributed by atoms with Crippen molar-refractivity contribution in [3.8, 4) is 0 Å². The van der Waals surface area contributed by atoms with E-state index in [-0.39, 0.29) is 0 Å². The van der Waals surface area contributed by atoms with Gasteiger partial charge in [-0.1, -0.05) is 86.6 Å². The van der Waals surface area contributed by atoms with Crippen LogP contribution < -0.4 is 0 Å². The van der Waals surface area contributed by atoms with E-state index in [0.29, 0.717) is 16.7 Å². The van der Waals surface area contributed by atoms with E-state index in [4.69, 9.17) is 0 Å². The molecule has 0 aromatic rings. The first-order chi connectivity index (χ1) is 13.3. The second-order valence-electron chi connectivity index (χ2n) is 9.69. The lowest BCUT2D eigenvalue weighted by Crippen LogP contribution is -2.42. The van der Waals surface area contributed by atoms with Crippen LogP contribution in [0.1, 0.15) is 114 Å². The van der Waals surface area contributed by atoms with Gasteiger partial charge in [-0.15, -0.1) is 0 Å². The van der Waals surface area contributed by atoms with Crippen LogP contribution in [0, 0.1) is 28.6 Å². The Hall–Kier alpha value is -0.780. The van der Waals surface area contributed by atoms with Crippen molar-refractivity contribution < 1.29 is 0 Å². The minimum absolute atomic E-state index is 0.416. The van der Waals surface area contributed by atoms with Gasteiger partial charge in [-0.3, -0.25) is 0 Å². The zero-order valence-corrected chi connectivity index (χ0v) is 20.8. The average Bonchev–Trinajstić information content (AvgIpc) is 2.98. The highest BCUT2D eigenvalue weighted by Crippen LogP contribution is 2.66. The van der Waals surface area contributed by atoms with E-state index in [1.807, 2.05) is 27.7 Å². The molecular formula is C28H50. The van der Waals surface area contributed by atoms with Crippen LogP contribution in [0.15, 0.2) is 35.5 Å². The summed E-state index contributed by atoms with van der Waals surface area (Å²) in [6.45, 7) is 24.8. The van der Waals surface area contributed by atoms with Crippen molar-refractivity contribution in [3.63, 3.8) is 0 Å². The summed E-state index contributed by atoms with van der Waals surface area (Å²) in [6, 6.07) is 0. The van der Waals surface area contributed by atoms with E-state index in [2.05, 4.69) is 53.3 Å². The second kappa shape index (κ2) is 10.8. The number of rotatable bonds is 2. The number of allylic oxidation sites excluding steroid dienone is 5. The summed E-state index contributed by atoms with van der Waals surface area (Å²) in [7, 11) is 0. The fourth-order valence-electron chi connectivity index (χ4n) is 6.35. The van der Waals surface area contributed by atoms with Crippen molar-refractivity contribution in [2.75, 3.05) is 0 Å². The zero-order valence-electron chi connectivity index (χ0n) is 20.8. The van der Waals surface area contributed by atoms with Crippen molar-refractivity contribution in [2.45, 2.75) is 114 Å².